The monoisotopic (exact) mass is 357 g/mol. The molecule has 4 heterocycles. The summed E-state index contributed by atoms with van der Waals surface area (Å²) in [6.07, 6.45) is 9.30. The van der Waals surface area contributed by atoms with Gasteiger partial charge in [-0.2, -0.15) is 5.26 Å². The number of rotatable bonds is 5. The molecule has 1 aliphatic rings. The normalized spacial score (nSPS) is 16.8. The minimum atomic E-state index is 0.279. The molecule has 0 bridgehead atoms. The van der Waals surface area contributed by atoms with E-state index in [0.717, 1.165) is 37.3 Å². The van der Waals surface area contributed by atoms with Gasteiger partial charge in [0.2, 0.25) is 5.95 Å². The fourth-order valence-corrected chi connectivity index (χ4v) is 3.35. The molecule has 0 unspecified atom stereocenters. The van der Waals surface area contributed by atoms with Crippen LogP contribution in [0.1, 0.15) is 35.8 Å². The van der Waals surface area contributed by atoms with E-state index >= 15 is 0 Å². The largest absolute Gasteiger partial charge is 0.323 e. The average molecular weight is 357 g/mol. The first-order chi connectivity index (χ1) is 13.3. The van der Waals surface area contributed by atoms with Crippen LogP contribution < -0.4 is 5.32 Å². The molecular formula is C20H19N7. The van der Waals surface area contributed by atoms with Crippen LogP contribution in [-0.2, 0) is 6.54 Å². The van der Waals surface area contributed by atoms with Crippen LogP contribution in [0.3, 0.4) is 0 Å². The van der Waals surface area contributed by atoms with E-state index in [1.165, 1.54) is 5.56 Å². The molecule has 134 valence electrons. The fraction of sp³-hybridized carbons (Fsp3) is 0.250. The molecule has 0 aromatic carbocycles. The summed E-state index contributed by atoms with van der Waals surface area (Å²) in [6, 6.07) is 11.8. The number of aromatic nitrogens is 4. The van der Waals surface area contributed by atoms with Crippen LogP contribution in [0.2, 0.25) is 0 Å². The zero-order valence-electron chi connectivity index (χ0n) is 14.8. The maximum atomic E-state index is 8.84. The lowest BCUT2D eigenvalue weighted by Gasteiger charge is -2.24. The molecule has 0 amide bonds. The van der Waals surface area contributed by atoms with E-state index in [-0.39, 0.29) is 6.04 Å². The summed E-state index contributed by atoms with van der Waals surface area (Å²) in [5, 5.41) is 12.0. The SMILES string of the molecule is N#Cc1ccc(Nc2nccc([C@H]3CCCN3Cc3ccncc3)n2)cn1. The number of hydrogen-bond donors (Lipinski definition) is 1. The third-order valence-electron chi connectivity index (χ3n) is 4.65. The summed E-state index contributed by atoms with van der Waals surface area (Å²) < 4.78 is 0. The van der Waals surface area contributed by atoms with Gasteiger partial charge in [-0.1, -0.05) is 0 Å². The maximum absolute atomic E-state index is 8.84. The standard InChI is InChI=1S/C20H19N7/c21-12-16-3-4-17(13-24-16)25-20-23-10-7-18(26-20)19-2-1-11-27(19)14-15-5-8-22-9-6-15/h3-10,13,19H,1-2,11,14H2,(H,23,25,26)/t19-/m1/s1. The molecule has 7 nitrogen and oxygen atoms in total. The molecule has 3 aromatic rings. The zero-order chi connectivity index (χ0) is 18.5. The first kappa shape index (κ1) is 17.1. The van der Waals surface area contributed by atoms with Crippen molar-refractivity contribution in [3.8, 4) is 6.07 Å². The number of nitriles is 1. The molecule has 3 aromatic heterocycles. The summed E-state index contributed by atoms with van der Waals surface area (Å²) in [5.74, 6) is 0.537. The predicted octanol–water partition coefficient (Wildman–Crippen LogP) is 3.22. The Morgan fingerprint density at radius 1 is 1.11 bits per heavy atom. The first-order valence-electron chi connectivity index (χ1n) is 8.91. The third-order valence-corrected chi connectivity index (χ3v) is 4.65. The third kappa shape index (κ3) is 4.07. The summed E-state index contributed by atoms with van der Waals surface area (Å²) in [5.41, 5.74) is 3.41. The van der Waals surface area contributed by atoms with Crippen molar-refractivity contribution in [1.29, 1.82) is 5.26 Å². The first-order valence-corrected chi connectivity index (χ1v) is 8.91. The van der Waals surface area contributed by atoms with Gasteiger partial charge in [-0.05, 0) is 55.3 Å². The Labute approximate surface area is 157 Å². The van der Waals surface area contributed by atoms with Gasteiger partial charge in [0.05, 0.1) is 23.6 Å². The van der Waals surface area contributed by atoms with E-state index in [1.807, 2.05) is 24.5 Å². The van der Waals surface area contributed by atoms with E-state index in [0.29, 0.717) is 11.6 Å². The Morgan fingerprint density at radius 3 is 2.78 bits per heavy atom. The van der Waals surface area contributed by atoms with Crippen molar-refractivity contribution in [1.82, 2.24) is 24.8 Å². The van der Waals surface area contributed by atoms with Crippen LogP contribution in [0, 0.1) is 11.3 Å². The number of nitrogens with zero attached hydrogens (tertiary/aromatic N) is 6. The van der Waals surface area contributed by atoms with Crippen LogP contribution in [0.25, 0.3) is 0 Å². The molecule has 0 aliphatic carbocycles. The minimum absolute atomic E-state index is 0.279. The quantitative estimate of drug-likeness (QED) is 0.749. The Bertz CT molecular complexity index is 935. The summed E-state index contributed by atoms with van der Waals surface area (Å²) in [4.78, 5) is 19.6. The maximum Gasteiger partial charge on any atom is 0.227 e. The summed E-state index contributed by atoms with van der Waals surface area (Å²) in [7, 11) is 0. The highest BCUT2D eigenvalue weighted by Crippen LogP contribution is 2.32. The molecule has 1 atom stereocenters. The van der Waals surface area contributed by atoms with Crippen molar-refractivity contribution >= 4 is 11.6 Å². The number of nitrogens with one attached hydrogen (secondary N) is 1. The number of hydrogen-bond acceptors (Lipinski definition) is 7. The van der Waals surface area contributed by atoms with E-state index in [2.05, 4.69) is 37.3 Å². The zero-order valence-corrected chi connectivity index (χ0v) is 14.8. The highest BCUT2D eigenvalue weighted by Gasteiger charge is 2.27. The molecule has 27 heavy (non-hydrogen) atoms. The van der Waals surface area contributed by atoms with Crippen molar-refractivity contribution in [3.05, 3.63) is 72.1 Å². The average Bonchev–Trinajstić information content (AvgIpc) is 3.18. The molecule has 1 saturated heterocycles. The van der Waals surface area contributed by atoms with Crippen molar-refractivity contribution < 1.29 is 0 Å². The molecule has 0 saturated carbocycles. The van der Waals surface area contributed by atoms with E-state index in [4.69, 9.17) is 10.2 Å². The van der Waals surface area contributed by atoms with Gasteiger partial charge in [-0.15, -0.1) is 0 Å². The number of likely N-dealkylation sites (tertiary alicyclic amines) is 1. The molecule has 7 heteroatoms. The van der Waals surface area contributed by atoms with Crippen molar-refractivity contribution in [2.75, 3.05) is 11.9 Å². The van der Waals surface area contributed by atoms with Gasteiger partial charge in [-0.3, -0.25) is 9.88 Å². The van der Waals surface area contributed by atoms with Crippen LogP contribution in [0.15, 0.2) is 55.1 Å². The lowest BCUT2D eigenvalue weighted by atomic mass is 10.1. The minimum Gasteiger partial charge on any atom is -0.323 e. The highest BCUT2D eigenvalue weighted by molar-refractivity contribution is 5.52. The molecule has 0 radical (unpaired) electrons. The van der Waals surface area contributed by atoms with Crippen LogP contribution >= 0.6 is 0 Å². The van der Waals surface area contributed by atoms with Crippen molar-refractivity contribution in [2.24, 2.45) is 0 Å². The Kier molecular flexibility index (Phi) is 4.99. The van der Waals surface area contributed by atoms with Gasteiger partial charge in [-0.25, -0.2) is 15.0 Å². The molecule has 1 aliphatic heterocycles. The van der Waals surface area contributed by atoms with Gasteiger partial charge < -0.3 is 5.32 Å². The Hall–Kier alpha value is -3.37. The molecule has 1 fully saturated rings. The molecule has 4 rings (SSSR count). The van der Waals surface area contributed by atoms with Gasteiger partial charge in [0.15, 0.2) is 0 Å². The van der Waals surface area contributed by atoms with E-state index < -0.39 is 0 Å². The summed E-state index contributed by atoms with van der Waals surface area (Å²) >= 11 is 0. The van der Waals surface area contributed by atoms with Gasteiger partial charge >= 0.3 is 0 Å². The lowest BCUT2D eigenvalue weighted by molar-refractivity contribution is 0.244. The lowest BCUT2D eigenvalue weighted by Crippen LogP contribution is -2.23. The van der Waals surface area contributed by atoms with Gasteiger partial charge in [0.25, 0.3) is 0 Å². The second-order valence-electron chi connectivity index (χ2n) is 6.46. The van der Waals surface area contributed by atoms with Crippen molar-refractivity contribution in [3.63, 3.8) is 0 Å². The van der Waals surface area contributed by atoms with Crippen LogP contribution in [0.5, 0.6) is 0 Å². The topological polar surface area (TPSA) is 90.6 Å². The van der Waals surface area contributed by atoms with E-state index in [1.54, 1.807) is 24.5 Å². The predicted molar refractivity (Wildman–Crippen MR) is 101 cm³/mol. The number of pyridine rings is 2. The smallest absolute Gasteiger partial charge is 0.227 e. The fourth-order valence-electron chi connectivity index (χ4n) is 3.35. The second-order valence-corrected chi connectivity index (χ2v) is 6.46. The Balaban J connectivity index is 1.50. The van der Waals surface area contributed by atoms with Crippen LogP contribution in [-0.4, -0.2) is 31.4 Å². The van der Waals surface area contributed by atoms with Crippen molar-refractivity contribution in [2.45, 2.75) is 25.4 Å². The summed E-state index contributed by atoms with van der Waals surface area (Å²) in [6.45, 7) is 1.94. The van der Waals surface area contributed by atoms with Crippen LogP contribution in [0.4, 0.5) is 11.6 Å². The van der Waals surface area contributed by atoms with Gasteiger partial charge in [0.1, 0.15) is 11.8 Å². The molecular weight excluding hydrogens is 338 g/mol. The number of anilines is 2. The van der Waals surface area contributed by atoms with Gasteiger partial charge in [0, 0.05) is 25.1 Å². The Morgan fingerprint density at radius 2 is 2.00 bits per heavy atom. The molecule has 1 N–H and O–H groups in total. The van der Waals surface area contributed by atoms with E-state index in [9.17, 15) is 0 Å². The second kappa shape index (κ2) is 7.89. The highest BCUT2D eigenvalue weighted by atomic mass is 15.2. The molecule has 0 spiro atoms.